The molecule has 1 aliphatic heterocycles. The van der Waals surface area contributed by atoms with Gasteiger partial charge in [0.15, 0.2) is 0 Å². The Kier molecular flexibility index (Phi) is 4.22. The van der Waals surface area contributed by atoms with Gasteiger partial charge >= 0.3 is 0 Å². The van der Waals surface area contributed by atoms with Crippen molar-refractivity contribution in [1.82, 2.24) is 15.1 Å². The van der Waals surface area contributed by atoms with Gasteiger partial charge in [-0.25, -0.2) is 0 Å². The van der Waals surface area contributed by atoms with Gasteiger partial charge in [0, 0.05) is 46.9 Å². The molecule has 2 fully saturated rings. The molecule has 0 radical (unpaired) electrons. The van der Waals surface area contributed by atoms with Crippen molar-refractivity contribution in [3.05, 3.63) is 40.2 Å². The third kappa shape index (κ3) is 3.29. The number of hydrogen-bond donors (Lipinski definition) is 1. The van der Waals surface area contributed by atoms with Crippen LogP contribution in [0.15, 0.2) is 30.5 Å². The van der Waals surface area contributed by atoms with E-state index in [0.29, 0.717) is 17.9 Å². The molecule has 2 aliphatic rings. The van der Waals surface area contributed by atoms with Gasteiger partial charge in [-0.15, -0.1) is 16.4 Å². The number of hydrogen-bond acceptors (Lipinski definition) is 5. The zero-order chi connectivity index (χ0) is 16.5. The van der Waals surface area contributed by atoms with Crippen molar-refractivity contribution >= 4 is 23.1 Å². The molecule has 5 nitrogen and oxygen atoms in total. The van der Waals surface area contributed by atoms with E-state index >= 15 is 0 Å². The SMILES string of the molecule is Cc1ccc(C2CC2C(=O)N2CCC(Nc3cccnn3)CC2)s1. The Morgan fingerprint density at radius 2 is 2.12 bits per heavy atom. The summed E-state index contributed by atoms with van der Waals surface area (Å²) in [6, 6.07) is 8.54. The quantitative estimate of drug-likeness (QED) is 0.928. The second kappa shape index (κ2) is 6.51. The Hall–Kier alpha value is -1.95. The van der Waals surface area contributed by atoms with Gasteiger partial charge in [-0.3, -0.25) is 4.79 Å². The van der Waals surface area contributed by atoms with E-state index in [1.54, 1.807) is 6.20 Å². The molecule has 1 saturated carbocycles. The van der Waals surface area contributed by atoms with Crippen molar-refractivity contribution in [2.45, 2.75) is 38.1 Å². The van der Waals surface area contributed by atoms with Crippen molar-refractivity contribution in [1.29, 1.82) is 0 Å². The van der Waals surface area contributed by atoms with Crippen molar-refractivity contribution in [2.75, 3.05) is 18.4 Å². The summed E-state index contributed by atoms with van der Waals surface area (Å²) in [5.74, 6) is 1.85. The number of aromatic nitrogens is 2. The number of nitrogens with one attached hydrogen (secondary N) is 1. The van der Waals surface area contributed by atoms with Gasteiger partial charge in [-0.05, 0) is 50.5 Å². The molecule has 4 rings (SSSR count). The van der Waals surface area contributed by atoms with Crippen LogP contribution in [0.4, 0.5) is 5.82 Å². The van der Waals surface area contributed by atoms with E-state index in [1.807, 2.05) is 23.5 Å². The number of aryl methyl sites for hydroxylation is 1. The summed E-state index contributed by atoms with van der Waals surface area (Å²) in [6.07, 6.45) is 4.64. The van der Waals surface area contributed by atoms with Gasteiger partial charge in [0.05, 0.1) is 0 Å². The number of likely N-dealkylation sites (tertiary alicyclic amines) is 1. The molecule has 1 aliphatic carbocycles. The third-order valence-corrected chi connectivity index (χ3v) is 6.10. The number of carbonyl (C=O) groups is 1. The first-order valence-corrected chi connectivity index (χ1v) is 9.42. The van der Waals surface area contributed by atoms with Crippen molar-refractivity contribution in [2.24, 2.45) is 5.92 Å². The van der Waals surface area contributed by atoms with E-state index in [-0.39, 0.29) is 5.92 Å². The van der Waals surface area contributed by atoms with Crippen LogP contribution in [0.25, 0.3) is 0 Å². The molecule has 1 amide bonds. The van der Waals surface area contributed by atoms with Gasteiger partial charge in [0.1, 0.15) is 5.82 Å². The van der Waals surface area contributed by atoms with Gasteiger partial charge in [0.25, 0.3) is 0 Å². The summed E-state index contributed by atoms with van der Waals surface area (Å²) < 4.78 is 0. The molecule has 0 bridgehead atoms. The standard InChI is InChI=1S/C18H22N4OS/c1-12-4-5-16(24-12)14-11-15(14)18(23)22-9-6-13(7-10-22)20-17-3-2-8-19-21-17/h2-5,8,13-15H,6-7,9-11H2,1H3,(H,20,21). The smallest absolute Gasteiger partial charge is 0.226 e. The van der Waals surface area contributed by atoms with Crippen LogP contribution >= 0.6 is 11.3 Å². The minimum atomic E-state index is 0.215. The average Bonchev–Trinajstić information content (AvgIpc) is 3.30. The summed E-state index contributed by atoms with van der Waals surface area (Å²) in [7, 11) is 0. The maximum absolute atomic E-state index is 12.7. The number of rotatable bonds is 4. The highest BCUT2D eigenvalue weighted by molar-refractivity contribution is 7.12. The molecule has 2 aromatic heterocycles. The Morgan fingerprint density at radius 3 is 2.79 bits per heavy atom. The van der Waals surface area contributed by atoms with Crippen LogP contribution in [0.2, 0.25) is 0 Å². The Labute approximate surface area is 146 Å². The zero-order valence-electron chi connectivity index (χ0n) is 13.8. The number of amides is 1. The van der Waals surface area contributed by atoms with E-state index in [2.05, 4.69) is 39.5 Å². The van der Waals surface area contributed by atoms with Crippen LogP contribution in [0, 0.1) is 12.8 Å². The van der Waals surface area contributed by atoms with E-state index in [1.165, 1.54) is 9.75 Å². The first-order chi connectivity index (χ1) is 11.7. The lowest BCUT2D eigenvalue weighted by atomic mass is 10.0. The summed E-state index contributed by atoms with van der Waals surface area (Å²) in [5, 5.41) is 11.4. The molecule has 2 atom stereocenters. The highest BCUT2D eigenvalue weighted by atomic mass is 32.1. The Bertz CT molecular complexity index is 709. The number of piperidine rings is 1. The topological polar surface area (TPSA) is 58.1 Å². The van der Waals surface area contributed by atoms with E-state index < -0.39 is 0 Å². The first kappa shape index (κ1) is 15.6. The second-order valence-corrected chi connectivity index (χ2v) is 8.07. The van der Waals surface area contributed by atoms with Crippen LogP contribution < -0.4 is 5.32 Å². The molecule has 24 heavy (non-hydrogen) atoms. The molecule has 1 saturated heterocycles. The van der Waals surface area contributed by atoms with Gasteiger partial charge in [0.2, 0.25) is 5.91 Å². The van der Waals surface area contributed by atoms with Crippen LogP contribution in [0.3, 0.4) is 0 Å². The lowest BCUT2D eigenvalue weighted by Gasteiger charge is -2.32. The minimum absolute atomic E-state index is 0.215. The first-order valence-electron chi connectivity index (χ1n) is 8.60. The van der Waals surface area contributed by atoms with Gasteiger partial charge < -0.3 is 10.2 Å². The van der Waals surface area contributed by atoms with Crippen molar-refractivity contribution < 1.29 is 4.79 Å². The van der Waals surface area contributed by atoms with Crippen LogP contribution in [-0.4, -0.2) is 40.1 Å². The predicted molar refractivity (Wildman–Crippen MR) is 95.2 cm³/mol. The number of thiophene rings is 1. The molecule has 2 aromatic rings. The van der Waals surface area contributed by atoms with Crippen molar-refractivity contribution in [3.8, 4) is 0 Å². The molecule has 2 unspecified atom stereocenters. The third-order valence-electron chi connectivity index (χ3n) is 4.97. The fourth-order valence-electron chi connectivity index (χ4n) is 3.50. The Balaban J connectivity index is 1.28. The van der Waals surface area contributed by atoms with Gasteiger partial charge in [-0.2, -0.15) is 5.10 Å². The number of anilines is 1. The van der Waals surface area contributed by atoms with Gasteiger partial charge in [-0.1, -0.05) is 0 Å². The summed E-state index contributed by atoms with van der Waals surface area (Å²) in [4.78, 5) is 17.5. The molecule has 0 spiro atoms. The second-order valence-electron chi connectivity index (χ2n) is 6.75. The van der Waals surface area contributed by atoms with E-state index in [0.717, 1.165) is 38.2 Å². The predicted octanol–water partition coefficient (Wildman–Crippen LogP) is 3.05. The van der Waals surface area contributed by atoms with Crippen LogP contribution in [0.5, 0.6) is 0 Å². The van der Waals surface area contributed by atoms with Crippen molar-refractivity contribution in [3.63, 3.8) is 0 Å². The average molecular weight is 342 g/mol. The molecule has 126 valence electrons. The lowest BCUT2D eigenvalue weighted by molar-refractivity contribution is -0.133. The Morgan fingerprint density at radius 1 is 1.29 bits per heavy atom. The van der Waals surface area contributed by atoms with E-state index in [9.17, 15) is 4.79 Å². The molecule has 6 heteroatoms. The largest absolute Gasteiger partial charge is 0.366 e. The fourth-order valence-corrected chi connectivity index (χ4v) is 4.56. The fraction of sp³-hybridized carbons (Fsp3) is 0.500. The molecular weight excluding hydrogens is 320 g/mol. The summed E-state index contributed by atoms with van der Waals surface area (Å²) in [6.45, 7) is 3.80. The normalized spacial score (nSPS) is 24.0. The van der Waals surface area contributed by atoms with E-state index in [4.69, 9.17) is 0 Å². The zero-order valence-corrected chi connectivity index (χ0v) is 14.6. The molecule has 3 heterocycles. The maximum Gasteiger partial charge on any atom is 0.226 e. The summed E-state index contributed by atoms with van der Waals surface area (Å²) >= 11 is 1.83. The monoisotopic (exact) mass is 342 g/mol. The molecule has 1 N–H and O–H groups in total. The molecule has 0 aromatic carbocycles. The summed E-state index contributed by atoms with van der Waals surface area (Å²) in [5.41, 5.74) is 0. The van der Waals surface area contributed by atoms with Crippen LogP contribution in [0.1, 0.15) is 34.9 Å². The maximum atomic E-state index is 12.7. The highest BCUT2D eigenvalue weighted by Gasteiger charge is 2.46. The number of carbonyl (C=O) groups excluding carboxylic acids is 1. The number of nitrogens with zero attached hydrogens (tertiary/aromatic N) is 3. The molecular formula is C18H22N4OS. The highest BCUT2D eigenvalue weighted by Crippen LogP contribution is 2.50. The van der Waals surface area contributed by atoms with Crippen LogP contribution in [-0.2, 0) is 4.79 Å². The lowest BCUT2D eigenvalue weighted by Crippen LogP contribution is -2.43. The minimum Gasteiger partial charge on any atom is -0.366 e.